The molecule has 0 atom stereocenters. The summed E-state index contributed by atoms with van der Waals surface area (Å²) in [5, 5.41) is 9.27. The van der Waals surface area contributed by atoms with Crippen LogP contribution in [0.15, 0.2) is 54.9 Å². The van der Waals surface area contributed by atoms with Crippen molar-refractivity contribution in [3.63, 3.8) is 0 Å². The van der Waals surface area contributed by atoms with Gasteiger partial charge in [0, 0.05) is 38.6 Å². The summed E-state index contributed by atoms with van der Waals surface area (Å²) >= 11 is 0. The number of hydrogen-bond donors (Lipinski definition) is 1. The molecule has 2 aliphatic heterocycles. The summed E-state index contributed by atoms with van der Waals surface area (Å²) in [4.78, 5) is 38.4. The molecule has 182 valence electrons. The zero-order valence-electron chi connectivity index (χ0n) is 19.5. The molecule has 0 aliphatic carbocycles. The number of piperidine rings is 1. The second kappa shape index (κ2) is 9.62. The minimum Gasteiger partial charge on any atom is -0.367 e. The molecule has 0 bridgehead atoms. The zero-order chi connectivity index (χ0) is 25.2. The number of pyridine rings is 2. The van der Waals surface area contributed by atoms with Gasteiger partial charge in [0.25, 0.3) is 5.91 Å². The smallest absolute Gasteiger partial charge is 0.329 e. The van der Waals surface area contributed by atoms with Crippen molar-refractivity contribution in [1.82, 2.24) is 14.9 Å². The van der Waals surface area contributed by atoms with Crippen LogP contribution in [-0.4, -0.2) is 46.4 Å². The Hall–Kier alpha value is -4.52. The molecular weight excluding hydrogens is 461 g/mol. The second-order valence-corrected chi connectivity index (χ2v) is 8.93. The van der Waals surface area contributed by atoms with Crippen LogP contribution in [0.4, 0.5) is 26.2 Å². The maximum absolute atomic E-state index is 14.5. The number of amides is 3. The molecule has 1 saturated heterocycles. The molecule has 2 aromatic heterocycles. The first-order chi connectivity index (χ1) is 17.5. The van der Waals surface area contributed by atoms with Gasteiger partial charge in [-0.25, -0.2) is 14.8 Å². The molecule has 4 heterocycles. The summed E-state index contributed by atoms with van der Waals surface area (Å²) in [6.07, 6.45) is 4.19. The van der Waals surface area contributed by atoms with Crippen LogP contribution in [0.1, 0.15) is 34.5 Å². The van der Waals surface area contributed by atoms with E-state index in [1.165, 1.54) is 18.5 Å². The monoisotopic (exact) mass is 485 g/mol. The number of carbonyl (C=O) groups excluding carboxylic acids is 2. The van der Waals surface area contributed by atoms with Crippen molar-refractivity contribution in [3.05, 3.63) is 77.6 Å². The predicted molar refractivity (Wildman–Crippen MR) is 131 cm³/mol. The van der Waals surface area contributed by atoms with Gasteiger partial charge in [-0.3, -0.25) is 9.69 Å². The fourth-order valence-corrected chi connectivity index (χ4v) is 4.97. The number of rotatable bonds is 5. The second-order valence-electron chi connectivity index (χ2n) is 8.93. The number of fused-ring (bicyclic) bond motifs is 1. The fourth-order valence-electron chi connectivity index (χ4n) is 4.97. The Labute approximate surface area is 207 Å². The normalized spacial score (nSPS) is 16.0. The molecule has 1 fully saturated rings. The van der Waals surface area contributed by atoms with Gasteiger partial charge in [-0.2, -0.15) is 9.65 Å². The zero-order valence-corrected chi connectivity index (χ0v) is 19.5. The summed E-state index contributed by atoms with van der Waals surface area (Å²) in [7, 11) is 0. The summed E-state index contributed by atoms with van der Waals surface area (Å²) in [6, 6.07) is 14.3. The number of aromatic nitrogens is 2. The van der Waals surface area contributed by atoms with E-state index in [2.05, 4.69) is 9.97 Å². The Bertz CT molecular complexity index is 1360. The van der Waals surface area contributed by atoms with Gasteiger partial charge >= 0.3 is 6.03 Å². The molecular formula is C26H24FN7O2. The van der Waals surface area contributed by atoms with Crippen LogP contribution in [-0.2, 0) is 6.54 Å². The molecule has 5 rings (SSSR count). The Morgan fingerprint density at radius 2 is 1.89 bits per heavy atom. The molecule has 0 spiro atoms. The molecule has 2 N–H and O–H groups in total. The van der Waals surface area contributed by atoms with Crippen LogP contribution < -0.4 is 15.5 Å². The number of urea groups is 1. The third kappa shape index (κ3) is 4.31. The number of nitrogens with two attached hydrogens (primary N) is 1. The fraction of sp³-hybridized carbons (Fsp3) is 0.269. The van der Waals surface area contributed by atoms with E-state index < -0.39 is 11.9 Å². The molecule has 3 aromatic rings. The van der Waals surface area contributed by atoms with Crippen molar-refractivity contribution >= 4 is 29.0 Å². The average Bonchev–Trinajstić information content (AvgIpc) is 2.89. The predicted octanol–water partition coefficient (Wildman–Crippen LogP) is 3.58. The molecule has 1 aromatic carbocycles. The third-order valence-electron chi connectivity index (χ3n) is 6.73. The third-order valence-corrected chi connectivity index (χ3v) is 6.73. The number of hydrogen-bond acceptors (Lipinski definition) is 6. The lowest BCUT2D eigenvalue weighted by molar-refractivity contribution is 0.1000. The Morgan fingerprint density at radius 1 is 1.14 bits per heavy atom. The van der Waals surface area contributed by atoms with E-state index in [1.807, 2.05) is 35.2 Å². The van der Waals surface area contributed by atoms with Crippen LogP contribution in [0.5, 0.6) is 0 Å². The Balaban J connectivity index is 1.34. The van der Waals surface area contributed by atoms with Crippen LogP contribution >= 0.6 is 0 Å². The van der Waals surface area contributed by atoms with Gasteiger partial charge in [0.1, 0.15) is 17.5 Å². The number of halogens is 1. The van der Waals surface area contributed by atoms with Crippen molar-refractivity contribution in [1.29, 1.82) is 5.26 Å². The van der Waals surface area contributed by atoms with E-state index in [0.717, 1.165) is 11.3 Å². The molecule has 0 saturated carbocycles. The van der Waals surface area contributed by atoms with Crippen LogP contribution in [0.25, 0.3) is 0 Å². The summed E-state index contributed by atoms with van der Waals surface area (Å²) < 4.78 is 14.5. The number of carbonyl (C=O) groups is 2. The first kappa shape index (κ1) is 23.2. The van der Waals surface area contributed by atoms with Crippen LogP contribution in [0, 0.1) is 23.2 Å². The highest BCUT2D eigenvalue weighted by Crippen LogP contribution is 2.36. The molecule has 9 nitrogen and oxygen atoms in total. The molecule has 36 heavy (non-hydrogen) atoms. The summed E-state index contributed by atoms with van der Waals surface area (Å²) in [6.45, 7) is 2.05. The lowest BCUT2D eigenvalue weighted by atomic mass is 9.94. The first-order valence-electron chi connectivity index (χ1n) is 11.7. The molecule has 0 unspecified atom stereocenters. The van der Waals surface area contributed by atoms with Crippen molar-refractivity contribution in [2.24, 2.45) is 11.7 Å². The van der Waals surface area contributed by atoms with E-state index in [9.17, 15) is 19.2 Å². The molecule has 2 aliphatic rings. The highest BCUT2D eigenvalue weighted by atomic mass is 19.1. The van der Waals surface area contributed by atoms with Gasteiger partial charge in [-0.05, 0) is 48.6 Å². The maximum Gasteiger partial charge on any atom is 0.329 e. The lowest BCUT2D eigenvalue weighted by Gasteiger charge is -2.40. The van der Waals surface area contributed by atoms with Gasteiger partial charge in [-0.15, -0.1) is 0 Å². The van der Waals surface area contributed by atoms with Gasteiger partial charge in [-0.1, -0.05) is 18.2 Å². The number of para-hydroxylation sites is 1. The Morgan fingerprint density at radius 3 is 2.64 bits per heavy atom. The van der Waals surface area contributed by atoms with E-state index >= 15 is 0 Å². The van der Waals surface area contributed by atoms with Crippen LogP contribution in [0.2, 0.25) is 0 Å². The Kier molecular flexibility index (Phi) is 6.21. The summed E-state index contributed by atoms with van der Waals surface area (Å²) in [5.74, 6) is -1.21. The standard InChI is InChI=1S/C26H24FN7O2/c27-24-23(21(25(29)35)6-10-31-24)32-11-7-17(8-12-32)15-33-16-18-3-1-2-4-22(18)34(26(33)36)20-5-9-30-19(13-20)14-28/h1-6,9-10,13,17H,7-8,11-12,15-16H2,(H2,29,35). The highest BCUT2D eigenvalue weighted by Gasteiger charge is 2.34. The molecule has 0 radical (unpaired) electrons. The average molecular weight is 486 g/mol. The number of anilines is 3. The van der Waals surface area contributed by atoms with Crippen molar-refractivity contribution < 1.29 is 14.0 Å². The van der Waals surface area contributed by atoms with Gasteiger partial charge < -0.3 is 15.5 Å². The largest absolute Gasteiger partial charge is 0.367 e. The lowest BCUT2D eigenvalue weighted by Crippen LogP contribution is -2.48. The van der Waals surface area contributed by atoms with Crippen molar-refractivity contribution in [2.45, 2.75) is 19.4 Å². The summed E-state index contributed by atoms with van der Waals surface area (Å²) in [5.41, 5.74) is 8.32. The van der Waals surface area contributed by atoms with E-state index in [0.29, 0.717) is 44.7 Å². The number of nitrogens with zero attached hydrogens (tertiary/aromatic N) is 6. The number of primary amides is 1. The minimum atomic E-state index is -0.711. The van der Waals surface area contributed by atoms with Crippen LogP contribution in [0.3, 0.4) is 0 Å². The SMILES string of the molecule is N#Cc1cc(N2C(=O)N(CC3CCN(c4c(C(N)=O)ccnc4F)CC3)Cc3ccccc32)ccn1. The minimum absolute atomic E-state index is 0.119. The van der Waals surface area contributed by atoms with Crippen molar-refractivity contribution in [2.75, 3.05) is 29.4 Å². The number of benzene rings is 1. The maximum atomic E-state index is 14.5. The van der Waals surface area contributed by atoms with Gasteiger partial charge in [0.2, 0.25) is 5.95 Å². The van der Waals surface area contributed by atoms with Gasteiger partial charge in [0.05, 0.1) is 16.9 Å². The van der Waals surface area contributed by atoms with E-state index in [-0.39, 0.29) is 28.9 Å². The quantitative estimate of drug-likeness (QED) is 0.552. The van der Waals surface area contributed by atoms with Crippen molar-refractivity contribution in [3.8, 4) is 6.07 Å². The molecule has 3 amide bonds. The number of nitriles is 1. The van der Waals surface area contributed by atoms with Gasteiger partial charge in [0.15, 0.2) is 0 Å². The first-order valence-corrected chi connectivity index (χ1v) is 11.7. The van der Waals surface area contributed by atoms with E-state index in [4.69, 9.17) is 5.73 Å². The van der Waals surface area contributed by atoms with E-state index in [1.54, 1.807) is 21.9 Å². The topological polar surface area (TPSA) is 119 Å². The molecule has 10 heteroatoms. The highest BCUT2D eigenvalue weighted by molar-refractivity contribution is 6.02.